The van der Waals surface area contributed by atoms with Gasteiger partial charge in [0.15, 0.2) is 0 Å². The molecule has 140 valence electrons. The van der Waals surface area contributed by atoms with Gasteiger partial charge >= 0.3 is 6.03 Å². The third-order valence-electron chi connectivity index (χ3n) is 5.83. The van der Waals surface area contributed by atoms with Crippen molar-refractivity contribution in [3.8, 4) is 0 Å². The van der Waals surface area contributed by atoms with Gasteiger partial charge in [0, 0.05) is 32.1 Å². The molecule has 2 heterocycles. The topological polar surface area (TPSA) is 90.5 Å². The molecule has 3 fully saturated rings. The molecular weight excluding hydrogens is 320 g/mol. The number of hydrogen-bond acceptors (Lipinski definition) is 4. The largest absolute Gasteiger partial charge is 0.352 e. The molecule has 0 radical (unpaired) electrons. The van der Waals surface area contributed by atoms with Crippen LogP contribution in [0.4, 0.5) is 4.79 Å². The highest BCUT2D eigenvalue weighted by Gasteiger charge is 2.41. The lowest BCUT2D eigenvalue weighted by Crippen LogP contribution is -2.44. The van der Waals surface area contributed by atoms with Crippen LogP contribution in [0, 0.1) is 5.92 Å². The second kappa shape index (κ2) is 7.72. The fraction of sp³-hybridized carbons (Fsp3) is 0.833. The Balaban J connectivity index is 1.33. The number of rotatable bonds is 7. The van der Waals surface area contributed by atoms with Gasteiger partial charge in [-0.1, -0.05) is 12.8 Å². The molecule has 3 rings (SSSR count). The molecule has 2 aliphatic heterocycles. The van der Waals surface area contributed by atoms with E-state index in [1.54, 1.807) is 6.92 Å². The number of imide groups is 1. The summed E-state index contributed by atoms with van der Waals surface area (Å²) >= 11 is 0. The second-order valence-electron chi connectivity index (χ2n) is 8.06. The van der Waals surface area contributed by atoms with Crippen LogP contribution in [-0.4, -0.2) is 54.0 Å². The van der Waals surface area contributed by atoms with E-state index < -0.39 is 11.6 Å². The average molecular weight is 350 g/mol. The Bertz CT molecular complexity index is 532. The molecule has 1 saturated carbocycles. The van der Waals surface area contributed by atoms with Crippen LogP contribution < -0.4 is 16.0 Å². The third-order valence-corrected chi connectivity index (χ3v) is 5.83. The van der Waals surface area contributed by atoms with E-state index in [0.717, 1.165) is 25.4 Å². The van der Waals surface area contributed by atoms with E-state index in [1.165, 1.54) is 32.2 Å². The quantitative estimate of drug-likeness (QED) is 0.601. The van der Waals surface area contributed by atoms with Crippen LogP contribution in [0.25, 0.3) is 0 Å². The van der Waals surface area contributed by atoms with Crippen molar-refractivity contribution < 1.29 is 14.4 Å². The molecule has 3 N–H and O–H groups in total. The van der Waals surface area contributed by atoms with Crippen LogP contribution in [0.3, 0.4) is 0 Å². The highest BCUT2D eigenvalue weighted by molar-refractivity contribution is 6.06. The van der Waals surface area contributed by atoms with Gasteiger partial charge < -0.3 is 15.5 Å². The average Bonchev–Trinajstić information content (AvgIpc) is 3.24. The van der Waals surface area contributed by atoms with Gasteiger partial charge in [-0.05, 0) is 44.9 Å². The van der Waals surface area contributed by atoms with Crippen molar-refractivity contribution in [2.24, 2.45) is 5.92 Å². The summed E-state index contributed by atoms with van der Waals surface area (Å²) in [4.78, 5) is 37.6. The second-order valence-corrected chi connectivity index (χ2v) is 8.06. The van der Waals surface area contributed by atoms with Crippen molar-refractivity contribution >= 4 is 17.8 Å². The third kappa shape index (κ3) is 4.71. The highest BCUT2D eigenvalue weighted by Crippen LogP contribution is 2.26. The lowest BCUT2D eigenvalue weighted by molar-refractivity contribution is -0.125. The summed E-state index contributed by atoms with van der Waals surface area (Å²) in [5.74, 6) is 0.584. The number of nitrogens with zero attached hydrogens (tertiary/aromatic N) is 1. The molecule has 7 nitrogen and oxygen atoms in total. The van der Waals surface area contributed by atoms with Crippen molar-refractivity contribution in [1.29, 1.82) is 0 Å². The van der Waals surface area contributed by atoms with Crippen molar-refractivity contribution in [1.82, 2.24) is 20.9 Å². The molecule has 0 aromatic heterocycles. The first-order valence-electron chi connectivity index (χ1n) is 9.60. The number of urea groups is 1. The molecule has 0 spiro atoms. The first-order chi connectivity index (χ1) is 11.9. The van der Waals surface area contributed by atoms with Crippen LogP contribution in [0.2, 0.25) is 0 Å². The molecule has 2 unspecified atom stereocenters. The Morgan fingerprint density at radius 1 is 1.28 bits per heavy atom. The zero-order valence-electron chi connectivity index (χ0n) is 15.1. The SMILES string of the molecule is CC1(CCCC(=O)NC2CCN(CC3CCCC3)C2)NC(=O)NC1=O. The Morgan fingerprint density at radius 3 is 2.72 bits per heavy atom. The summed E-state index contributed by atoms with van der Waals surface area (Å²) in [6.45, 7) is 4.91. The van der Waals surface area contributed by atoms with Gasteiger partial charge in [-0.25, -0.2) is 4.79 Å². The number of carbonyl (C=O) groups excluding carboxylic acids is 3. The number of likely N-dealkylation sites (tertiary alicyclic amines) is 1. The van der Waals surface area contributed by atoms with Gasteiger partial charge in [0.05, 0.1) is 0 Å². The summed E-state index contributed by atoms with van der Waals surface area (Å²) in [5.41, 5.74) is -0.886. The Hall–Kier alpha value is -1.63. The fourth-order valence-corrected chi connectivity index (χ4v) is 4.33. The first kappa shape index (κ1) is 18.2. The van der Waals surface area contributed by atoms with Crippen LogP contribution in [0.5, 0.6) is 0 Å². The van der Waals surface area contributed by atoms with Gasteiger partial charge in [0.2, 0.25) is 5.91 Å². The number of amides is 4. The minimum atomic E-state index is -0.886. The van der Waals surface area contributed by atoms with E-state index in [2.05, 4.69) is 20.9 Å². The van der Waals surface area contributed by atoms with Crippen LogP contribution in [-0.2, 0) is 9.59 Å². The first-order valence-corrected chi connectivity index (χ1v) is 9.60. The summed E-state index contributed by atoms with van der Waals surface area (Å²) < 4.78 is 0. The maximum atomic E-state index is 12.2. The van der Waals surface area contributed by atoms with Gasteiger partial charge in [0.1, 0.15) is 5.54 Å². The molecular formula is C18H30N4O3. The normalized spacial score (nSPS) is 30.5. The summed E-state index contributed by atoms with van der Waals surface area (Å²) in [6.07, 6.45) is 7.91. The van der Waals surface area contributed by atoms with Gasteiger partial charge in [-0.15, -0.1) is 0 Å². The van der Waals surface area contributed by atoms with E-state index in [-0.39, 0.29) is 17.9 Å². The molecule has 0 bridgehead atoms. The molecule has 3 aliphatic rings. The maximum Gasteiger partial charge on any atom is 0.322 e. The fourth-order valence-electron chi connectivity index (χ4n) is 4.33. The molecule has 1 aliphatic carbocycles. The van der Waals surface area contributed by atoms with Crippen LogP contribution in [0.1, 0.15) is 58.3 Å². The zero-order chi connectivity index (χ0) is 17.9. The number of nitrogens with one attached hydrogen (secondary N) is 3. The lowest BCUT2D eigenvalue weighted by Gasteiger charge is -2.21. The summed E-state index contributed by atoms with van der Waals surface area (Å²) in [5, 5.41) is 8.00. The summed E-state index contributed by atoms with van der Waals surface area (Å²) in [7, 11) is 0. The maximum absolute atomic E-state index is 12.2. The van der Waals surface area contributed by atoms with Crippen LogP contribution >= 0.6 is 0 Å². The van der Waals surface area contributed by atoms with E-state index in [1.807, 2.05) is 0 Å². The highest BCUT2D eigenvalue weighted by atomic mass is 16.2. The predicted molar refractivity (Wildman–Crippen MR) is 93.9 cm³/mol. The van der Waals surface area contributed by atoms with Crippen molar-refractivity contribution in [2.75, 3.05) is 19.6 Å². The van der Waals surface area contributed by atoms with Gasteiger partial charge in [-0.3, -0.25) is 14.9 Å². The standard InChI is InChI=1S/C18H30N4O3/c1-18(16(24)20-17(25)21-18)9-4-7-15(23)19-14-8-10-22(12-14)11-13-5-2-3-6-13/h13-14H,2-12H2,1H3,(H,19,23)(H2,20,21,24,25). The number of hydrogen-bond donors (Lipinski definition) is 3. The monoisotopic (exact) mass is 350 g/mol. The zero-order valence-corrected chi connectivity index (χ0v) is 15.1. The molecule has 25 heavy (non-hydrogen) atoms. The minimum Gasteiger partial charge on any atom is -0.352 e. The van der Waals surface area contributed by atoms with E-state index in [4.69, 9.17) is 0 Å². The molecule has 0 aromatic carbocycles. The molecule has 2 saturated heterocycles. The lowest BCUT2D eigenvalue weighted by atomic mass is 9.95. The molecule has 2 atom stereocenters. The van der Waals surface area contributed by atoms with E-state index >= 15 is 0 Å². The minimum absolute atomic E-state index is 0.0426. The number of carbonyl (C=O) groups is 3. The van der Waals surface area contributed by atoms with E-state index in [9.17, 15) is 14.4 Å². The smallest absolute Gasteiger partial charge is 0.322 e. The Kier molecular flexibility index (Phi) is 5.61. The Labute approximate surface area is 149 Å². The van der Waals surface area contributed by atoms with Gasteiger partial charge in [0.25, 0.3) is 5.91 Å². The van der Waals surface area contributed by atoms with Crippen molar-refractivity contribution in [3.05, 3.63) is 0 Å². The van der Waals surface area contributed by atoms with Crippen LogP contribution in [0.15, 0.2) is 0 Å². The predicted octanol–water partition coefficient (Wildman–Crippen LogP) is 1.14. The van der Waals surface area contributed by atoms with E-state index in [0.29, 0.717) is 19.3 Å². The molecule has 0 aromatic rings. The van der Waals surface area contributed by atoms with Crippen molar-refractivity contribution in [3.63, 3.8) is 0 Å². The van der Waals surface area contributed by atoms with Gasteiger partial charge in [-0.2, -0.15) is 0 Å². The molecule has 4 amide bonds. The molecule has 7 heteroatoms. The summed E-state index contributed by atoms with van der Waals surface area (Å²) in [6, 6.07) is -0.204. The Morgan fingerprint density at radius 2 is 2.04 bits per heavy atom. The van der Waals surface area contributed by atoms with Crippen molar-refractivity contribution in [2.45, 2.75) is 69.9 Å².